The van der Waals surface area contributed by atoms with Gasteiger partial charge in [0.2, 0.25) is 11.8 Å². The van der Waals surface area contributed by atoms with Crippen LogP contribution in [0.15, 0.2) is 42.5 Å². The smallest absolute Gasteiger partial charge is 0.240 e. The molecule has 0 unspecified atom stereocenters. The van der Waals surface area contributed by atoms with Crippen LogP contribution < -0.4 is 10.2 Å². The quantitative estimate of drug-likeness (QED) is 0.833. The first-order chi connectivity index (χ1) is 11.4. The van der Waals surface area contributed by atoms with Gasteiger partial charge < -0.3 is 10.2 Å². The molecule has 24 heavy (non-hydrogen) atoms. The number of hydrogen-bond acceptors (Lipinski definition) is 2. The molecule has 0 bridgehead atoms. The normalized spacial score (nSPS) is 10.3. The van der Waals surface area contributed by atoms with Gasteiger partial charge in [-0.25, -0.2) is 0 Å². The second kappa shape index (κ2) is 8.38. The van der Waals surface area contributed by atoms with Crippen LogP contribution in [0.3, 0.4) is 0 Å². The first-order valence-electron chi connectivity index (χ1n) is 7.11. The number of rotatable bonds is 5. The monoisotopic (exact) mass is 384 g/mol. The Morgan fingerprint density at radius 3 is 2.25 bits per heavy atom. The molecule has 1 N–H and O–H groups in total. The highest BCUT2D eigenvalue weighted by atomic mass is 35.5. The molecule has 0 atom stereocenters. The number of amides is 2. The summed E-state index contributed by atoms with van der Waals surface area (Å²) in [4.78, 5) is 25.3. The first-order valence-corrected chi connectivity index (χ1v) is 8.24. The van der Waals surface area contributed by atoms with Crippen LogP contribution in [0.2, 0.25) is 15.1 Å². The number of halogens is 3. The van der Waals surface area contributed by atoms with Crippen molar-refractivity contribution in [1.82, 2.24) is 5.32 Å². The van der Waals surface area contributed by atoms with Crippen molar-refractivity contribution in [2.45, 2.75) is 13.5 Å². The minimum Gasteiger partial charge on any atom is -0.350 e. The minimum atomic E-state index is -0.309. The zero-order valence-corrected chi connectivity index (χ0v) is 15.1. The predicted octanol–water partition coefficient (Wildman–Crippen LogP) is 4.32. The summed E-state index contributed by atoms with van der Waals surface area (Å²) in [6.45, 7) is 1.55. The molecule has 0 spiro atoms. The van der Waals surface area contributed by atoms with E-state index < -0.39 is 0 Å². The Hall–Kier alpha value is -1.75. The van der Waals surface area contributed by atoms with Crippen LogP contribution in [0.4, 0.5) is 5.69 Å². The van der Waals surface area contributed by atoms with Gasteiger partial charge in [-0.2, -0.15) is 0 Å². The molecular weight excluding hydrogens is 371 g/mol. The van der Waals surface area contributed by atoms with Crippen molar-refractivity contribution in [3.05, 3.63) is 63.1 Å². The van der Waals surface area contributed by atoms with Gasteiger partial charge in [-0.05, 0) is 35.9 Å². The van der Waals surface area contributed by atoms with E-state index in [-0.39, 0.29) is 18.4 Å². The van der Waals surface area contributed by atoms with Crippen LogP contribution in [0, 0.1) is 0 Å². The summed E-state index contributed by atoms with van der Waals surface area (Å²) in [6, 6.07) is 11.9. The molecule has 4 nitrogen and oxygen atoms in total. The number of nitrogens with zero attached hydrogens (tertiary/aromatic N) is 1. The third-order valence-electron chi connectivity index (χ3n) is 3.28. The van der Waals surface area contributed by atoms with Crippen molar-refractivity contribution in [1.29, 1.82) is 0 Å². The standard InChI is InChI=1S/C17H15Cl3N2O2/c1-11(23)22(16-8-14(19)6-7-15(16)20)10-17(24)21-9-12-2-4-13(18)5-3-12/h2-8H,9-10H2,1H3,(H,21,24). The fraction of sp³-hybridized carbons (Fsp3) is 0.176. The zero-order valence-electron chi connectivity index (χ0n) is 12.9. The second-order valence-corrected chi connectivity index (χ2v) is 6.38. The van der Waals surface area contributed by atoms with Gasteiger partial charge in [0.05, 0.1) is 10.7 Å². The molecule has 0 fully saturated rings. The molecule has 2 rings (SSSR count). The molecular formula is C17H15Cl3N2O2. The number of carbonyl (C=O) groups is 2. The van der Waals surface area contributed by atoms with E-state index in [2.05, 4.69) is 5.32 Å². The molecule has 0 aliphatic heterocycles. The summed E-state index contributed by atoms with van der Waals surface area (Å²) in [5, 5.41) is 4.16. The lowest BCUT2D eigenvalue weighted by Gasteiger charge is -2.22. The van der Waals surface area contributed by atoms with E-state index in [1.165, 1.54) is 11.8 Å². The Labute approximate surface area is 155 Å². The topological polar surface area (TPSA) is 49.4 Å². The lowest BCUT2D eigenvalue weighted by molar-refractivity contribution is -0.123. The average Bonchev–Trinajstić information content (AvgIpc) is 2.54. The second-order valence-electron chi connectivity index (χ2n) is 5.10. The average molecular weight is 386 g/mol. The van der Waals surface area contributed by atoms with E-state index in [1.807, 2.05) is 12.1 Å². The Morgan fingerprint density at radius 2 is 1.62 bits per heavy atom. The highest BCUT2D eigenvalue weighted by Crippen LogP contribution is 2.29. The van der Waals surface area contributed by atoms with Crippen LogP contribution >= 0.6 is 34.8 Å². The molecule has 0 aliphatic rings. The van der Waals surface area contributed by atoms with Crippen LogP contribution in [-0.2, 0) is 16.1 Å². The van der Waals surface area contributed by atoms with Crippen molar-refractivity contribution in [2.24, 2.45) is 0 Å². The summed E-state index contributed by atoms with van der Waals surface area (Å²) in [6.07, 6.45) is 0. The molecule has 126 valence electrons. The van der Waals surface area contributed by atoms with Crippen molar-refractivity contribution in [3.63, 3.8) is 0 Å². The van der Waals surface area contributed by atoms with Gasteiger partial charge in [-0.1, -0.05) is 46.9 Å². The summed E-state index contributed by atoms with van der Waals surface area (Å²) in [5.41, 5.74) is 1.31. The zero-order chi connectivity index (χ0) is 17.7. The van der Waals surface area contributed by atoms with E-state index in [4.69, 9.17) is 34.8 Å². The van der Waals surface area contributed by atoms with Gasteiger partial charge in [0, 0.05) is 23.5 Å². The molecule has 2 aromatic rings. The lowest BCUT2D eigenvalue weighted by Crippen LogP contribution is -2.39. The van der Waals surface area contributed by atoms with E-state index in [1.54, 1.807) is 30.3 Å². The number of nitrogens with one attached hydrogen (secondary N) is 1. The Kier molecular flexibility index (Phi) is 6.49. The molecule has 0 radical (unpaired) electrons. The van der Waals surface area contributed by atoms with E-state index in [0.29, 0.717) is 27.3 Å². The lowest BCUT2D eigenvalue weighted by atomic mass is 10.2. The summed E-state index contributed by atoms with van der Waals surface area (Å²) in [7, 11) is 0. The van der Waals surface area contributed by atoms with Gasteiger partial charge in [0.1, 0.15) is 6.54 Å². The fourth-order valence-corrected chi connectivity index (χ4v) is 2.57. The Balaban J connectivity index is 2.04. The summed E-state index contributed by atoms with van der Waals surface area (Å²) in [5.74, 6) is -0.614. The Morgan fingerprint density at radius 1 is 1.00 bits per heavy atom. The summed E-state index contributed by atoms with van der Waals surface area (Å²) < 4.78 is 0. The molecule has 0 aliphatic carbocycles. The third kappa shape index (κ3) is 5.13. The molecule has 2 amide bonds. The van der Waals surface area contributed by atoms with Crippen LogP contribution in [-0.4, -0.2) is 18.4 Å². The van der Waals surface area contributed by atoms with Crippen molar-refractivity contribution in [2.75, 3.05) is 11.4 Å². The summed E-state index contributed by atoms with van der Waals surface area (Å²) >= 11 is 17.9. The number of hydrogen-bond donors (Lipinski definition) is 1. The van der Waals surface area contributed by atoms with Crippen LogP contribution in [0.5, 0.6) is 0 Å². The SMILES string of the molecule is CC(=O)N(CC(=O)NCc1ccc(Cl)cc1)c1cc(Cl)ccc1Cl. The van der Waals surface area contributed by atoms with E-state index in [0.717, 1.165) is 5.56 Å². The van der Waals surface area contributed by atoms with Gasteiger partial charge in [-0.15, -0.1) is 0 Å². The molecule has 0 heterocycles. The Bertz CT molecular complexity index is 748. The number of anilines is 1. The molecule has 0 aromatic heterocycles. The third-order valence-corrected chi connectivity index (χ3v) is 4.09. The fourth-order valence-electron chi connectivity index (χ4n) is 2.06. The van der Waals surface area contributed by atoms with Crippen molar-refractivity contribution in [3.8, 4) is 0 Å². The van der Waals surface area contributed by atoms with Crippen LogP contribution in [0.1, 0.15) is 12.5 Å². The van der Waals surface area contributed by atoms with E-state index >= 15 is 0 Å². The maximum absolute atomic E-state index is 12.2. The maximum atomic E-state index is 12.2. The highest BCUT2D eigenvalue weighted by molar-refractivity contribution is 6.35. The minimum absolute atomic E-state index is 0.150. The van der Waals surface area contributed by atoms with Gasteiger partial charge in [0.15, 0.2) is 0 Å². The molecule has 0 saturated heterocycles. The van der Waals surface area contributed by atoms with Gasteiger partial charge in [0.25, 0.3) is 0 Å². The van der Waals surface area contributed by atoms with E-state index in [9.17, 15) is 9.59 Å². The predicted molar refractivity (Wildman–Crippen MR) is 97.8 cm³/mol. The number of benzene rings is 2. The van der Waals surface area contributed by atoms with Crippen molar-refractivity contribution >= 4 is 52.3 Å². The largest absolute Gasteiger partial charge is 0.350 e. The van der Waals surface area contributed by atoms with Crippen LogP contribution in [0.25, 0.3) is 0 Å². The molecule has 0 saturated carbocycles. The first kappa shape index (κ1) is 18.6. The van der Waals surface area contributed by atoms with Gasteiger partial charge >= 0.3 is 0 Å². The number of carbonyl (C=O) groups excluding carboxylic acids is 2. The van der Waals surface area contributed by atoms with Crippen molar-refractivity contribution < 1.29 is 9.59 Å². The molecule has 2 aromatic carbocycles. The van der Waals surface area contributed by atoms with Gasteiger partial charge in [-0.3, -0.25) is 9.59 Å². The maximum Gasteiger partial charge on any atom is 0.240 e. The highest BCUT2D eigenvalue weighted by Gasteiger charge is 2.18. The molecule has 7 heteroatoms.